The van der Waals surface area contributed by atoms with Crippen molar-refractivity contribution in [1.29, 1.82) is 0 Å². The first-order chi connectivity index (χ1) is 8.73. The molecule has 100 valence electrons. The molecule has 1 aliphatic heterocycles. The first-order valence-electron chi connectivity index (χ1n) is 7.23. The second-order valence-corrected chi connectivity index (χ2v) is 5.60. The Balaban J connectivity index is 1.82. The minimum absolute atomic E-state index is 0.152. The number of ether oxygens (including phenoxy) is 1. The summed E-state index contributed by atoms with van der Waals surface area (Å²) in [7, 11) is 0. The van der Waals surface area contributed by atoms with E-state index >= 15 is 0 Å². The van der Waals surface area contributed by atoms with Gasteiger partial charge in [0.15, 0.2) is 0 Å². The third-order valence-corrected chi connectivity index (χ3v) is 3.81. The number of benzene rings is 1. The van der Waals surface area contributed by atoms with Gasteiger partial charge in [0.25, 0.3) is 0 Å². The van der Waals surface area contributed by atoms with Crippen LogP contribution in [0.25, 0.3) is 0 Å². The van der Waals surface area contributed by atoms with E-state index in [1.54, 1.807) is 0 Å². The van der Waals surface area contributed by atoms with Crippen molar-refractivity contribution in [2.45, 2.75) is 57.4 Å². The zero-order valence-electron chi connectivity index (χ0n) is 11.5. The Morgan fingerprint density at radius 2 is 1.94 bits per heavy atom. The molecule has 0 radical (unpaired) electrons. The summed E-state index contributed by atoms with van der Waals surface area (Å²) < 4.78 is 5.79. The summed E-state index contributed by atoms with van der Waals surface area (Å²) in [5.74, 6) is 1.02. The highest BCUT2D eigenvalue weighted by Crippen LogP contribution is 2.30. The minimum atomic E-state index is -0.152. The van der Waals surface area contributed by atoms with Crippen LogP contribution in [0.3, 0.4) is 0 Å². The molecule has 2 nitrogen and oxygen atoms in total. The second kappa shape index (κ2) is 6.24. The van der Waals surface area contributed by atoms with E-state index in [1.807, 2.05) is 12.1 Å². The summed E-state index contributed by atoms with van der Waals surface area (Å²) in [5, 5.41) is 0. The number of hydrogen-bond donors (Lipinski definition) is 1. The number of unbranched alkanes of at least 4 members (excludes halogenated alkanes) is 4. The van der Waals surface area contributed by atoms with Gasteiger partial charge in [0.2, 0.25) is 0 Å². The van der Waals surface area contributed by atoms with Crippen LogP contribution in [0.1, 0.15) is 51.0 Å². The molecule has 0 amide bonds. The summed E-state index contributed by atoms with van der Waals surface area (Å²) in [6.45, 7) is 2.91. The van der Waals surface area contributed by atoms with Gasteiger partial charge < -0.3 is 10.5 Å². The fourth-order valence-corrected chi connectivity index (χ4v) is 2.68. The summed E-state index contributed by atoms with van der Waals surface area (Å²) in [4.78, 5) is 0. The minimum Gasteiger partial charge on any atom is -0.491 e. The normalized spacial score (nSPS) is 22.3. The van der Waals surface area contributed by atoms with Gasteiger partial charge in [-0.1, -0.05) is 57.2 Å². The van der Waals surface area contributed by atoms with Crippen LogP contribution < -0.4 is 10.5 Å². The van der Waals surface area contributed by atoms with E-state index in [2.05, 4.69) is 19.1 Å². The molecule has 0 fully saturated rings. The maximum atomic E-state index is 6.46. The summed E-state index contributed by atoms with van der Waals surface area (Å²) in [6.07, 6.45) is 8.53. The van der Waals surface area contributed by atoms with Crippen molar-refractivity contribution in [3.8, 4) is 5.75 Å². The van der Waals surface area contributed by atoms with E-state index in [9.17, 15) is 0 Å². The molecule has 18 heavy (non-hydrogen) atoms. The number of rotatable bonds is 6. The summed E-state index contributed by atoms with van der Waals surface area (Å²) in [5.41, 5.74) is 7.58. The van der Waals surface area contributed by atoms with Gasteiger partial charge in [-0.25, -0.2) is 0 Å². The molecule has 1 atom stereocenters. The van der Waals surface area contributed by atoms with E-state index < -0.39 is 0 Å². The lowest BCUT2D eigenvalue weighted by Crippen LogP contribution is -2.49. The number of fused-ring (bicyclic) bond motifs is 1. The molecule has 1 aromatic rings. The van der Waals surface area contributed by atoms with E-state index in [0.717, 1.165) is 18.6 Å². The van der Waals surface area contributed by atoms with Crippen molar-refractivity contribution >= 4 is 0 Å². The lowest BCUT2D eigenvalue weighted by atomic mass is 9.85. The zero-order chi connectivity index (χ0) is 12.8. The van der Waals surface area contributed by atoms with Crippen LogP contribution in [-0.2, 0) is 6.42 Å². The zero-order valence-corrected chi connectivity index (χ0v) is 11.5. The molecule has 0 saturated carbocycles. The van der Waals surface area contributed by atoms with Crippen LogP contribution in [0.5, 0.6) is 5.75 Å². The fourth-order valence-electron chi connectivity index (χ4n) is 2.68. The lowest BCUT2D eigenvalue weighted by molar-refractivity contribution is 0.178. The van der Waals surface area contributed by atoms with Gasteiger partial charge >= 0.3 is 0 Å². The first-order valence-corrected chi connectivity index (χ1v) is 7.23. The molecule has 0 bridgehead atoms. The Bertz CT molecular complexity index is 377. The molecular weight excluding hydrogens is 222 g/mol. The summed E-state index contributed by atoms with van der Waals surface area (Å²) >= 11 is 0. The SMILES string of the molecule is CCCCCCCC1(N)COc2ccccc2C1. The average molecular weight is 247 g/mol. The highest BCUT2D eigenvalue weighted by atomic mass is 16.5. The molecule has 2 rings (SSSR count). The van der Waals surface area contributed by atoms with Crippen molar-refractivity contribution in [1.82, 2.24) is 0 Å². The van der Waals surface area contributed by atoms with Gasteiger partial charge in [-0.3, -0.25) is 0 Å². The molecule has 1 aromatic carbocycles. The van der Waals surface area contributed by atoms with Crippen molar-refractivity contribution in [3.63, 3.8) is 0 Å². The van der Waals surface area contributed by atoms with Gasteiger partial charge in [0.05, 0.1) is 5.54 Å². The Kier molecular flexibility index (Phi) is 4.65. The van der Waals surface area contributed by atoms with Crippen molar-refractivity contribution in [2.24, 2.45) is 5.73 Å². The molecule has 1 heterocycles. The fraction of sp³-hybridized carbons (Fsp3) is 0.625. The van der Waals surface area contributed by atoms with Gasteiger partial charge in [-0.05, 0) is 24.5 Å². The van der Waals surface area contributed by atoms with Crippen LogP contribution in [0.15, 0.2) is 24.3 Å². The maximum absolute atomic E-state index is 6.46. The maximum Gasteiger partial charge on any atom is 0.122 e. The van der Waals surface area contributed by atoms with Crippen LogP contribution in [0.2, 0.25) is 0 Å². The van der Waals surface area contributed by atoms with E-state index in [-0.39, 0.29) is 5.54 Å². The largest absolute Gasteiger partial charge is 0.491 e. The third kappa shape index (κ3) is 3.49. The standard InChI is InChI=1S/C16H25NO/c1-2-3-4-5-8-11-16(17)12-14-9-6-7-10-15(14)18-13-16/h6-7,9-10H,2-5,8,11-13,17H2,1H3. The summed E-state index contributed by atoms with van der Waals surface area (Å²) in [6, 6.07) is 8.26. The highest BCUT2D eigenvalue weighted by molar-refractivity contribution is 5.36. The average Bonchev–Trinajstić information content (AvgIpc) is 2.38. The number of nitrogens with two attached hydrogens (primary N) is 1. The molecule has 1 unspecified atom stereocenters. The first kappa shape index (κ1) is 13.4. The van der Waals surface area contributed by atoms with E-state index in [1.165, 1.54) is 37.7 Å². The van der Waals surface area contributed by atoms with E-state index in [4.69, 9.17) is 10.5 Å². The van der Waals surface area contributed by atoms with Gasteiger partial charge in [0, 0.05) is 0 Å². The topological polar surface area (TPSA) is 35.2 Å². The lowest BCUT2D eigenvalue weighted by Gasteiger charge is -2.34. The van der Waals surface area contributed by atoms with Crippen LogP contribution in [0.4, 0.5) is 0 Å². The molecule has 0 saturated heterocycles. The highest BCUT2D eigenvalue weighted by Gasteiger charge is 2.31. The number of hydrogen-bond acceptors (Lipinski definition) is 2. The van der Waals surface area contributed by atoms with Crippen LogP contribution >= 0.6 is 0 Å². The molecular formula is C16H25NO. The predicted molar refractivity (Wildman–Crippen MR) is 75.9 cm³/mol. The Morgan fingerprint density at radius 1 is 1.17 bits per heavy atom. The number of para-hydroxylation sites is 1. The molecule has 2 N–H and O–H groups in total. The molecule has 2 heteroatoms. The van der Waals surface area contributed by atoms with Gasteiger partial charge in [0.1, 0.15) is 12.4 Å². The Morgan fingerprint density at radius 3 is 2.78 bits per heavy atom. The molecule has 0 aromatic heterocycles. The van der Waals surface area contributed by atoms with Crippen molar-refractivity contribution in [2.75, 3.05) is 6.61 Å². The molecule has 0 aliphatic carbocycles. The quantitative estimate of drug-likeness (QED) is 0.778. The van der Waals surface area contributed by atoms with Gasteiger partial charge in [-0.2, -0.15) is 0 Å². The monoisotopic (exact) mass is 247 g/mol. The van der Waals surface area contributed by atoms with Crippen molar-refractivity contribution < 1.29 is 4.74 Å². The van der Waals surface area contributed by atoms with E-state index in [0.29, 0.717) is 6.61 Å². The molecule has 0 spiro atoms. The Labute approximate surface area is 111 Å². The third-order valence-electron chi connectivity index (χ3n) is 3.81. The van der Waals surface area contributed by atoms with Crippen LogP contribution in [-0.4, -0.2) is 12.1 Å². The van der Waals surface area contributed by atoms with Crippen LogP contribution in [0, 0.1) is 0 Å². The molecule has 1 aliphatic rings. The smallest absolute Gasteiger partial charge is 0.122 e. The Hall–Kier alpha value is -1.02. The second-order valence-electron chi connectivity index (χ2n) is 5.60. The predicted octanol–water partition coefficient (Wildman–Crippen LogP) is 3.68. The van der Waals surface area contributed by atoms with Gasteiger partial charge in [-0.15, -0.1) is 0 Å². The van der Waals surface area contributed by atoms with Crippen molar-refractivity contribution in [3.05, 3.63) is 29.8 Å².